The first-order valence-electron chi connectivity index (χ1n) is 4.80. The molecular formula is C11H15N3O. The van der Waals surface area contributed by atoms with Crippen LogP contribution in [0.15, 0.2) is 43.2 Å². The van der Waals surface area contributed by atoms with Crippen molar-refractivity contribution in [2.75, 3.05) is 0 Å². The second-order valence-corrected chi connectivity index (χ2v) is 3.10. The van der Waals surface area contributed by atoms with Crippen LogP contribution in [0.1, 0.15) is 6.92 Å². The average Bonchev–Trinajstić information content (AvgIpc) is 2.66. The van der Waals surface area contributed by atoms with E-state index in [1.165, 1.54) is 12.3 Å². The molecule has 4 nitrogen and oxygen atoms in total. The van der Waals surface area contributed by atoms with Crippen molar-refractivity contribution in [3.05, 3.63) is 43.2 Å². The zero-order valence-electron chi connectivity index (χ0n) is 9.00. The molecule has 0 aliphatic heterocycles. The lowest BCUT2D eigenvalue weighted by Gasteiger charge is -1.97. The third-order valence-electron chi connectivity index (χ3n) is 1.82. The molecule has 0 aliphatic carbocycles. The summed E-state index contributed by atoms with van der Waals surface area (Å²) in [6.07, 6.45) is 8.99. The van der Waals surface area contributed by atoms with Crippen molar-refractivity contribution in [2.45, 2.75) is 13.5 Å². The maximum atomic E-state index is 10.2. The van der Waals surface area contributed by atoms with E-state index in [1.54, 1.807) is 12.3 Å². The van der Waals surface area contributed by atoms with Gasteiger partial charge >= 0.3 is 0 Å². The Morgan fingerprint density at radius 2 is 2.33 bits per heavy atom. The highest BCUT2D eigenvalue weighted by molar-refractivity contribution is 5.10. The Bertz CT molecular complexity index is 384. The second kappa shape index (κ2) is 5.80. The third kappa shape index (κ3) is 4.26. The molecule has 0 saturated carbocycles. The molecule has 0 fully saturated rings. The Balaban J connectivity index is 0.000000151. The average molecular weight is 205 g/mol. The normalized spacial score (nSPS) is 9.20. The first-order valence-corrected chi connectivity index (χ1v) is 4.80. The van der Waals surface area contributed by atoms with E-state index in [4.69, 9.17) is 0 Å². The van der Waals surface area contributed by atoms with Gasteiger partial charge in [-0.05, 0) is 13.0 Å². The van der Waals surface area contributed by atoms with E-state index >= 15 is 0 Å². The molecule has 0 N–H and O–H groups in total. The molecule has 0 aliphatic rings. The molecule has 2 rings (SSSR count). The van der Waals surface area contributed by atoms with Gasteiger partial charge in [-0.1, -0.05) is 11.8 Å². The summed E-state index contributed by atoms with van der Waals surface area (Å²) in [5.41, 5.74) is 0. The Morgan fingerprint density at radius 1 is 1.53 bits per heavy atom. The van der Waals surface area contributed by atoms with Crippen LogP contribution in [0, 0.1) is 0 Å². The summed E-state index contributed by atoms with van der Waals surface area (Å²) in [5.74, 6) is -0.0394. The molecule has 0 aromatic carbocycles. The van der Waals surface area contributed by atoms with Crippen LogP contribution in [0.25, 0.3) is 0 Å². The number of nitrogens with zero attached hydrogens (tertiary/aromatic N) is 3. The van der Waals surface area contributed by atoms with Gasteiger partial charge in [0.25, 0.3) is 0 Å². The van der Waals surface area contributed by atoms with Crippen molar-refractivity contribution in [2.24, 2.45) is 7.05 Å². The molecule has 0 radical (unpaired) electrons. The largest absolute Gasteiger partial charge is 0.871 e. The quantitative estimate of drug-likeness (QED) is 0.636. The molecule has 4 heteroatoms. The minimum Gasteiger partial charge on any atom is -0.871 e. The van der Waals surface area contributed by atoms with E-state index in [2.05, 4.69) is 29.0 Å². The Morgan fingerprint density at radius 3 is 2.60 bits per heavy atom. The predicted molar refractivity (Wildman–Crippen MR) is 55.0 cm³/mol. The van der Waals surface area contributed by atoms with Gasteiger partial charge in [0.05, 0.1) is 13.6 Å². The van der Waals surface area contributed by atoms with Crippen LogP contribution in [0.5, 0.6) is 5.75 Å². The number of imidazole rings is 1. The van der Waals surface area contributed by atoms with Crippen LogP contribution in [0.2, 0.25) is 0 Å². The SMILES string of the molecule is CC[n+]1ccn(C)c1.[O-]c1cccnc1. The fraction of sp³-hybridized carbons (Fsp3) is 0.273. The van der Waals surface area contributed by atoms with E-state index in [0.29, 0.717) is 0 Å². The van der Waals surface area contributed by atoms with Crippen molar-refractivity contribution in [3.63, 3.8) is 0 Å². The Hall–Kier alpha value is -1.84. The van der Waals surface area contributed by atoms with Crippen LogP contribution in [-0.4, -0.2) is 9.55 Å². The number of aryl methyl sites for hydroxylation is 2. The topological polar surface area (TPSA) is 44.8 Å². The maximum Gasteiger partial charge on any atom is 0.243 e. The maximum absolute atomic E-state index is 10.2. The highest BCUT2D eigenvalue weighted by Gasteiger charge is 1.92. The van der Waals surface area contributed by atoms with Gasteiger partial charge in [0, 0.05) is 12.4 Å². The van der Waals surface area contributed by atoms with Crippen LogP contribution < -0.4 is 9.67 Å². The molecule has 0 atom stereocenters. The molecule has 2 heterocycles. The number of hydrogen-bond donors (Lipinski definition) is 0. The van der Waals surface area contributed by atoms with Crippen molar-refractivity contribution in [1.29, 1.82) is 0 Å². The number of rotatable bonds is 1. The fourth-order valence-corrected chi connectivity index (χ4v) is 1.04. The summed E-state index contributed by atoms with van der Waals surface area (Å²) in [6, 6.07) is 3.08. The van der Waals surface area contributed by atoms with Gasteiger partial charge in [0.1, 0.15) is 12.4 Å². The molecule has 2 aromatic heterocycles. The van der Waals surface area contributed by atoms with Gasteiger partial charge in [0.15, 0.2) is 0 Å². The zero-order valence-corrected chi connectivity index (χ0v) is 9.00. The number of aromatic nitrogens is 3. The summed E-state index contributed by atoms with van der Waals surface area (Å²) in [5, 5.41) is 10.2. The van der Waals surface area contributed by atoms with Crippen molar-refractivity contribution >= 4 is 0 Å². The van der Waals surface area contributed by atoms with E-state index < -0.39 is 0 Å². The van der Waals surface area contributed by atoms with Crippen LogP contribution in [0.4, 0.5) is 0 Å². The van der Waals surface area contributed by atoms with Crippen LogP contribution in [0.3, 0.4) is 0 Å². The minimum absolute atomic E-state index is 0.0394. The van der Waals surface area contributed by atoms with Crippen molar-refractivity contribution in [1.82, 2.24) is 9.55 Å². The summed E-state index contributed by atoms with van der Waals surface area (Å²) < 4.78 is 4.16. The monoisotopic (exact) mass is 205 g/mol. The van der Waals surface area contributed by atoms with Crippen molar-refractivity contribution < 1.29 is 9.67 Å². The Kier molecular flexibility index (Phi) is 4.34. The summed E-state index contributed by atoms with van der Waals surface area (Å²) >= 11 is 0. The molecule has 2 aromatic rings. The lowest BCUT2D eigenvalue weighted by molar-refractivity contribution is -0.693. The Labute approximate surface area is 89.5 Å². The summed E-state index contributed by atoms with van der Waals surface area (Å²) in [4.78, 5) is 3.57. The van der Waals surface area contributed by atoms with Gasteiger partial charge in [-0.15, -0.1) is 0 Å². The first kappa shape index (κ1) is 11.2. The van der Waals surface area contributed by atoms with E-state index in [9.17, 15) is 5.11 Å². The molecule has 15 heavy (non-hydrogen) atoms. The van der Waals surface area contributed by atoms with Gasteiger partial charge in [0.2, 0.25) is 6.33 Å². The van der Waals surface area contributed by atoms with Gasteiger partial charge in [-0.3, -0.25) is 4.98 Å². The molecule has 0 bridgehead atoms. The zero-order chi connectivity index (χ0) is 11.1. The molecule has 0 saturated heterocycles. The summed E-state index contributed by atoms with van der Waals surface area (Å²) in [6.45, 7) is 3.18. The standard InChI is InChI=1S/C6H11N2.C5H5NO/c1-3-8-5-4-7(2)6-8;7-5-2-1-3-6-4-5/h4-6H,3H2,1-2H3;1-4,7H/q+1;/p-1. The third-order valence-corrected chi connectivity index (χ3v) is 1.82. The van der Waals surface area contributed by atoms with Crippen LogP contribution in [-0.2, 0) is 13.6 Å². The van der Waals surface area contributed by atoms with Gasteiger partial charge < -0.3 is 5.11 Å². The molecular weight excluding hydrogens is 190 g/mol. The highest BCUT2D eigenvalue weighted by atomic mass is 16.3. The lowest BCUT2D eigenvalue weighted by Crippen LogP contribution is -2.28. The molecule has 80 valence electrons. The number of pyridine rings is 1. The van der Waals surface area contributed by atoms with E-state index in [1.807, 2.05) is 17.8 Å². The fourth-order valence-electron chi connectivity index (χ4n) is 1.04. The number of hydrogen-bond acceptors (Lipinski definition) is 2. The molecule has 0 unspecified atom stereocenters. The predicted octanol–water partition coefficient (Wildman–Crippen LogP) is 0.488. The second-order valence-electron chi connectivity index (χ2n) is 3.10. The molecule has 0 amide bonds. The first-order chi connectivity index (χ1) is 7.22. The highest BCUT2D eigenvalue weighted by Crippen LogP contribution is 1.94. The van der Waals surface area contributed by atoms with Gasteiger partial charge in [-0.25, -0.2) is 9.13 Å². The lowest BCUT2D eigenvalue weighted by atomic mass is 10.5. The van der Waals surface area contributed by atoms with E-state index in [0.717, 1.165) is 6.54 Å². The van der Waals surface area contributed by atoms with Crippen LogP contribution >= 0.6 is 0 Å². The smallest absolute Gasteiger partial charge is 0.243 e. The minimum atomic E-state index is -0.0394. The molecule has 0 spiro atoms. The van der Waals surface area contributed by atoms with Crippen molar-refractivity contribution in [3.8, 4) is 5.75 Å². The van der Waals surface area contributed by atoms with Gasteiger partial charge in [-0.2, -0.15) is 0 Å². The summed E-state index contributed by atoms with van der Waals surface area (Å²) in [7, 11) is 2.02. The van der Waals surface area contributed by atoms with E-state index in [-0.39, 0.29) is 5.75 Å².